The Morgan fingerprint density at radius 2 is 1.56 bits per heavy atom. The van der Waals surface area contributed by atoms with Crippen LogP contribution in [-0.2, 0) is 105 Å². The van der Waals surface area contributed by atoms with E-state index in [1.807, 2.05) is 0 Å². The van der Waals surface area contributed by atoms with Gasteiger partial charge >= 0.3 is 0 Å². The molecule has 5 atom stereocenters. The molecule has 1 rings (SSSR count). The van der Waals surface area contributed by atoms with Gasteiger partial charge in [0.05, 0.1) is 0 Å². The van der Waals surface area contributed by atoms with E-state index in [0.29, 0.717) is 5.92 Å². The normalized spacial score (nSPS) is 36.9. The van der Waals surface area contributed by atoms with Crippen LogP contribution in [0, 0.1) is 18.8 Å². The molecule has 93 valence electrons. The number of ether oxygens (including phenoxy) is 2. The average molecular weight is 812 g/mol. The molecule has 1 heterocycles. The quantitative estimate of drug-likeness (QED) is 0.381. The van der Waals surface area contributed by atoms with Crippen LogP contribution < -0.4 is 0 Å². The van der Waals surface area contributed by atoms with Crippen LogP contribution in [0.2, 0.25) is 0 Å². The monoisotopic (exact) mass is 812 g/mol. The third-order valence-electron chi connectivity index (χ3n) is 2.82. The largest absolute Gasteiger partial charge is 0.670 e. The smallest absolute Gasteiger partial charge is 0.138 e. The Hall–Kier alpha value is 3.05. The molecular weight excluding hydrogens is 795 g/mol. The van der Waals surface area contributed by atoms with Crippen molar-refractivity contribution < 1.29 is 105 Å². The van der Waals surface area contributed by atoms with Crippen molar-refractivity contribution in [3.63, 3.8) is 0 Å². The van der Waals surface area contributed by atoms with E-state index in [1.165, 1.54) is 0 Å². The summed E-state index contributed by atoms with van der Waals surface area (Å²) in [5, 5.41) is 0. The van der Waals surface area contributed by atoms with E-state index in [0.717, 1.165) is 0 Å². The van der Waals surface area contributed by atoms with Crippen molar-refractivity contribution in [1.29, 1.82) is 0 Å². The number of rotatable bonds is 1. The summed E-state index contributed by atoms with van der Waals surface area (Å²) in [5.41, 5.74) is 7.78. The van der Waals surface area contributed by atoms with Crippen LogP contribution >= 0.6 is 0 Å². The van der Waals surface area contributed by atoms with Gasteiger partial charge in [0.25, 0.3) is 0 Å². The first kappa shape index (κ1) is 27.4. The zero-order valence-electron chi connectivity index (χ0n) is 9.71. The van der Waals surface area contributed by atoms with Gasteiger partial charge in [-0.3, -0.25) is 0 Å². The fourth-order valence-electron chi connectivity index (χ4n) is 1.50. The molecule has 3 nitrogen and oxygen atoms in total. The van der Waals surface area contributed by atoms with Crippen molar-refractivity contribution in [3.8, 4) is 0 Å². The molecule has 0 aromatic heterocycles. The van der Waals surface area contributed by atoms with Gasteiger partial charge in [0.15, 0.2) is 0 Å². The van der Waals surface area contributed by atoms with Crippen molar-refractivity contribution in [3.05, 3.63) is 12.7 Å². The summed E-state index contributed by atoms with van der Waals surface area (Å²) in [6.45, 7) is 7.99. The van der Waals surface area contributed by atoms with E-state index >= 15 is 0 Å². The van der Waals surface area contributed by atoms with Crippen molar-refractivity contribution in [2.75, 3.05) is 7.11 Å². The first-order valence-electron chi connectivity index (χ1n) is 4.30. The van der Waals surface area contributed by atoms with Crippen LogP contribution in [0.25, 0.3) is 5.73 Å². The Labute approximate surface area is 167 Å². The van der Waals surface area contributed by atoms with Crippen LogP contribution in [-0.4, -0.2) is 25.5 Å². The van der Waals surface area contributed by atoms with E-state index < -0.39 is 6.29 Å². The minimum Gasteiger partial charge on any atom is -0.670 e. The number of nitrogens with one attached hydrogen (secondary N) is 1. The molecule has 16 heavy (non-hydrogen) atoms. The molecule has 7 heteroatoms. The minimum atomic E-state index is -0.404. The van der Waals surface area contributed by atoms with Gasteiger partial charge in [-0.1, -0.05) is 31.9 Å². The maximum Gasteiger partial charge on any atom is 0.138 e. The zero-order chi connectivity index (χ0) is 9.30. The maximum absolute atomic E-state index is 7.78. The molecule has 1 saturated heterocycles. The van der Waals surface area contributed by atoms with Gasteiger partial charge < -0.3 is 22.1 Å². The van der Waals surface area contributed by atoms with Gasteiger partial charge in [0, 0.05) is 103 Å². The standard InChI is InChI=1S/C9H17NO2.3W.Y/c1-5-6(2)8(10)9(11-4)12-7(5)3;;;;/h5-10H,3H2,1-2,4H3;;;;/q-2;;;;/t5-,6+,7?,8?,9-;;;;/m1..../s1. The van der Waals surface area contributed by atoms with Gasteiger partial charge in [-0.2, -0.15) is 0 Å². The van der Waals surface area contributed by atoms with Crippen molar-refractivity contribution in [2.45, 2.75) is 32.3 Å². The molecular formula is C9H17NO2W3Y-2. The summed E-state index contributed by atoms with van der Waals surface area (Å²) >= 11 is 0. The third-order valence-corrected chi connectivity index (χ3v) is 2.82. The van der Waals surface area contributed by atoms with E-state index in [1.54, 1.807) is 7.11 Å². The third kappa shape index (κ3) is 7.00. The van der Waals surface area contributed by atoms with Gasteiger partial charge in [-0.15, -0.1) is 0 Å². The van der Waals surface area contributed by atoms with E-state index in [-0.39, 0.29) is 114 Å². The van der Waals surface area contributed by atoms with E-state index in [4.69, 9.17) is 15.2 Å². The fraction of sp³-hybridized carbons (Fsp3) is 0.889. The first-order chi connectivity index (χ1) is 5.57. The van der Waals surface area contributed by atoms with Crippen molar-refractivity contribution in [1.82, 2.24) is 0 Å². The molecule has 1 aliphatic heterocycles. The molecule has 1 aliphatic rings. The molecule has 0 aromatic rings. The Morgan fingerprint density at radius 1 is 1.12 bits per heavy atom. The summed E-state index contributed by atoms with van der Waals surface area (Å²) in [7, 11) is 1.57. The predicted molar refractivity (Wildman–Crippen MR) is 47.5 cm³/mol. The maximum atomic E-state index is 7.78. The molecule has 0 aliphatic carbocycles. The summed E-state index contributed by atoms with van der Waals surface area (Å²) in [5.74, 6) is 0.616. The average Bonchev–Trinajstić information content (AvgIpc) is 2.08. The molecule has 0 bridgehead atoms. The van der Waals surface area contributed by atoms with Gasteiger partial charge in [-0.25, -0.2) is 0 Å². The van der Waals surface area contributed by atoms with Crippen LogP contribution in [0.5, 0.6) is 0 Å². The summed E-state index contributed by atoms with van der Waals surface area (Å²) in [6.07, 6.45) is -0.453. The van der Waals surface area contributed by atoms with Crippen LogP contribution in [0.3, 0.4) is 0 Å². The summed E-state index contributed by atoms with van der Waals surface area (Å²) < 4.78 is 10.5. The molecule has 0 aromatic carbocycles. The zero-order valence-corrected chi connectivity index (χ0v) is 21.4. The summed E-state index contributed by atoms with van der Waals surface area (Å²) in [4.78, 5) is 0. The second-order valence-electron chi connectivity index (χ2n) is 3.52. The van der Waals surface area contributed by atoms with Crippen LogP contribution in [0.4, 0.5) is 0 Å². The molecule has 1 fully saturated rings. The number of methoxy groups -OCH3 is 1. The van der Waals surface area contributed by atoms with Crippen molar-refractivity contribution >= 4 is 0 Å². The second-order valence-corrected chi connectivity index (χ2v) is 3.52. The van der Waals surface area contributed by atoms with Gasteiger partial charge in [-0.05, 0) is 5.92 Å². The molecule has 1 radical (unpaired) electrons. The Balaban J connectivity index is -0.000000180. The number of hydrogen-bond acceptors (Lipinski definition) is 2. The first-order valence-corrected chi connectivity index (χ1v) is 4.30. The molecule has 1 N–H and O–H groups in total. The Morgan fingerprint density at radius 3 is 1.94 bits per heavy atom. The Bertz CT molecular complexity index is 163. The summed E-state index contributed by atoms with van der Waals surface area (Å²) in [6, 6.07) is -0.289. The predicted octanol–water partition coefficient (Wildman–Crippen LogP) is 1.87. The molecule has 2 unspecified atom stereocenters. The van der Waals surface area contributed by atoms with Crippen LogP contribution in [0.1, 0.15) is 13.8 Å². The van der Waals surface area contributed by atoms with Crippen LogP contribution in [0.15, 0.2) is 0 Å². The SMILES string of the molecule is [CH2-]C1O[C@@H](OC)C([NH-])[C@@H](C)[C@H]1C.[W].[W].[W].[Y]. The van der Waals surface area contributed by atoms with Gasteiger partial charge in [0.2, 0.25) is 0 Å². The molecule has 0 amide bonds. The van der Waals surface area contributed by atoms with Crippen molar-refractivity contribution in [2.24, 2.45) is 11.8 Å². The Kier molecular flexibility index (Phi) is 22.4. The fourth-order valence-corrected chi connectivity index (χ4v) is 1.50. The second kappa shape index (κ2) is 13.1. The van der Waals surface area contributed by atoms with E-state index in [9.17, 15) is 0 Å². The van der Waals surface area contributed by atoms with Gasteiger partial charge in [0.1, 0.15) is 6.29 Å². The number of hydrogen-bond donors (Lipinski definition) is 0. The topological polar surface area (TPSA) is 42.3 Å². The minimum absolute atomic E-state index is 0. The van der Waals surface area contributed by atoms with E-state index in [2.05, 4.69) is 20.8 Å². The molecule has 0 saturated carbocycles. The molecule has 0 spiro atoms.